The molecule has 1 aromatic carbocycles. The number of para-hydroxylation sites is 1. The molecule has 9 heteroatoms. The fourth-order valence-electron chi connectivity index (χ4n) is 2.07. The summed E-state index contributed by atoms with van der Waals surface area (Å²) in [6, 6.07) is 9.56. The number of carbonyl (C=O) groups excluding carboxylic acids is 1. The third-order valence-electron chi connectivity index (χ3n) is 3.16. The number of thiazole rings is 1. The summed E-state index contributed by atoms with van der Waals surface area (Å²) < 4.78 is 0.985. The molecule has 0 bridgehead atoms. The minimum absolute atomic E-state index is 0.135. The lowest BCUT2D eigenvalue weighted by Gasteiger charge is -1.97. The summed E-state index contributed by atoms with van der Waals surface area (Å²) >= 11 is 2.56. The number of nitrogens with one attached hydrogen (secondary N) is 1. The normalized spacial score (nSPS) is 10.8. The van der Waals surface area contributed by atoms with Gasteiger partial charge in [0.05, 0.1) is 20.8 Å². The van der Waals surface area contributed by atoms with E-state index in [1.54, 1.807) is 0 Å². The maximum atomic E-state index is 11.8. The maximum absolute atomic E-state index is 11.8. The second kappa shape index (κ2) is 6.72. The van der Waals surface area contributed by atoms with Crippen LogP contribution < -0.4 is 11.1 Å². The summed E-state index contributed by atoms with van der Waals surface area (Å²) in [5, 5.41) is 21.3. The third kappa shape index (κ3) is 3.35. The predicted octanol–water partition coefficient (Wildman–Crippen LogP) is 3.06. The van der Waals surface area contributed by atoms with Crippen molar-refractivity contribution in [3.05, 3.63) is 42.0 Å². The zero-order valence-corrected chi connectivity index (χ0v) is 14.1. The number of fused-ring (bicyclic) bond motifs is 1. The zero-order chi connectivity index (χ0) is 18.0. The van der Waals surface area contributed by atoms with E-state index in [0.717, 1.165) is 27.6 Å². The molecule has 0 unspecified atom stereocenters. The summed E-state index contributed by atoms with van der Waals surface area (Å²) in [5.74, 6) is -1.90. The van der Waals surface area contributed by atoms with E-state index in [1.807, 2.05) is 30.3 Å². The van der Waals surface area contributed by atoms with Crippen LogP contribution in [0.1, 0.15) is 5.56 Å². The second-order valence-electron chi connectivity index (χ2n) is 4.81. The second-order valence-corrected chi connectivity index (χ2v) is 6.86. The Morgan fingerprint density at radius 1 is 1.28 bits per heavy atom. The Kier molecular flexibility index (Phi) is 4.47. The van der Waals surface area contributed by atoms with Gasteiger partial charge < -0.3 is 16.2 Å². The van der Waals surface area contributed by atoms with Gasteiger partial charge in [-0.05, 0) is 12.1 Å². The van der Waals surface area contributed by atoms with Crippen molar-refractivity contribution < 1.29 is 14.7 Å². The van der Waals surface area contributed by atoms with Crippen LogP contribution in [0.2, 0.25) is 0 Å². The fraction of sp³-hybridized carbons (Fsp3) is 0. The van der Waals surface area contributed by atoms with Crippen molar-refractivity contribution in [2.45, 2.75) is 0 Å². The molecule has 0 radical (unpaired) electrons. The van der Waals surface area contributed by atoms with Crippen LogP contribution >= 0.6 is 22.7 Å². The van der Waals surface area contributed by atoms with Crippen molar-refractivity contribution in [1.29, 1.82) is 5.26 Å². The number of carbonyl (C=O) groups is 2. The molecule has 0 atom stereocenters. The number of nitrogen functional groups attached to an aromatic ring is 1. The Labute approximate surface area is 149 Å². The van der Waals surface area contributed by atoms with E-state index in [1.165, 1.54) is 11.3 Å². The summed E-state index contributed by atoms with van der Waals surface area (Å²) in [4.78, 5) is 27.3. The topological polar surface area (TPSA) is 129 Å². The molecule has 0 saturated carbocycles. The van der Waals surface area contributed by atoms with Crippen molar-refractivity contribution in [3.8, 4) is 16.0 Å². The lowest BCUT2D eigenvalue weighted by Crippen LogP contribution is -2.08. The average molecular weight is 370 g/mol. The molecule has 2 heterocycles. The van der Waals surface area contributed by atoms with Crippen molar-refractivity contribution in [2.24, 2.45) is 0 Å². The summed E-state index contributed by atoms with van der Waals surface area (Å²) in [7, 11) is 0. The van der Waals surface area contributed by atoms with Crippen molar-refractivity contribution in [3.63, 3.8) is 0 Å². The molecule has 0 aliphatic rings. The zero-order valence-electron chi connectivity index (χ0n) is 12.5. The highest BCUT2D eigenvalue weighted by molar-refractivity contribution is 7.27. The third-order valence-corrected chi connectivity index (χ3v) is 5.47. The minimum Gasteiger partial charge on any atom is -0.478 e. The molecule has 124 valence electrons. The van der Waals surface area contributed by atoms with Crippen LogP contribution in [0.4, 0.5) is 10.7 Å². The van der Waals surface area contributed by atoms with Crippen molar-refractivity contribution >= 4 is 55.5 Å². The van der Waals surface area contributed by atoms with Gasteiger partial charge in [-0.25, -0.2) is 9.78 Å². The number of rotatable bonds is 4. The first kappa shape index (κ1) is 16.6. The number of aliphatic carboxylic acids is 1. The quantitative estimate of drug-likeness (QED) is 0.605. The van der Waals surface area contributed by atoms with E-state index in [-0.39, 0.29) is 16.3 Å². The molecule has 3 rings (SSSR count). The number of carboxylic acid groups (broad SMARTS) is 1. The van der Waals surface area contributed by atoms with Crippen molar-refractivity contribution in [1.82, 2.24) is 4.98 Å². The molecule has 0 aliphatic carbocycles. The highest BCUT2D eigenvalue weighted by atomic mass is 32.1. The molecule has 4 N–H and O–H groups in total. The summed E-state index contributed by atoms with van der Waals surface area (Å²) in [5.41, 5.74) is 7.26. The van der Waals surface area contributed by atoms with Gasteiger partial charge in [0, 0.05) is 12.2 Å². The molecule has 3 aromatic rings. The van der Waals surface area contributed by atoms with E-state index < -0.39 is 11.9 Å². The lowest BCUT2D eigenvalue weighted by atomic mass is 10.2. The van der Waals surface area contributed by atoms with Gasteiger partial charge in [-0.2, -0.15) is 5.26 Å². The van der Waals surface area contributed by atoms with Gasteiger partial charge in [0.2, 0.25) is 5.91 Å². The molecule has 0 spiro atoms. The van der Waals surface area contributed by atoms with Gasteiger partial charge in [0.15, 0.2) is 0 Å². The number of nitriles is 1. The largest absolute Gasteiger partial charge is 0.478 e. The van der Waals surface area contributed by atoms with Gasteiger partial charge in [-0.1, -0.05) is 12.1 Å². The molecule has 0 saturated heterocycles. The van der Waals surface area contributed by atoms with E-state index in [0.29, 0.717) is 16.0 Å². The lowest BCUT2D eigenvalue weighted by molar-refractivity contribution is -0.131. The van der Waals surface area contributed by atoms with E-state index >= 15 is 0 Å². The Morgan fingerprint density at radius 2 is 2.04 bits per heavy atom. The number of thiophene rings is 1. The van der Waals surface area contributed by atoms with E-state index in [2.05, 4.69) is 10.3 Å². The molecule has 0 aliphatic heterocycles. The number of amides is 1. The number of hydrogen-bond acceptors (Lipinski definition) is 7. The summed E-state index contributed by atoms with van der Waals surface area (Å²) in [6.45, 7) is 0. The first-order chi connectivity index (χ1) is 12.0. The molecule has 7 nitrogen and oxygen atoms in total. The molecule has 1 amide bonds. The van der Waals surface area contributed by atoms with Crippen LogP contribution in [0.5, 0.6) is 0 Å². The Hall–Kier alpha value is -3.22. The summed E-state index contributed by atoms with van der Waals surface area (Å²) in [6.07, 6.45) is 1.59. The van der Waals surface area contributed by atoms with Crippen LogP contribution in [0.3, 0.4) is 0 Å². The van der Waals surface area contributed by atoms with Gasteiger partial charge >= 0.3 is 5.97 Å². The number of hydrogen-bond donors (Lipinski definition) is 3. The first-order valence-corrected chi connectivity index (χ1v) is 8.53. The number of nitrogens with two attached hydrogens (primary N) is 1. The fourth-order valence-corrected chi connectivity index (χ4v) is 4.20. The molecule has 0 fully saturated rings. The molecule has 2 aromatic heterocycles. The van der Waals surface area contributed by atoms with E-state index in [4.69, 9.17) is 10.8 Å². The standard InChI is InChI=1S/C16H10N4O3S2/c17-7-8-13(18)14(16-19-9-3-1-2-4-10(9)24-16)25-15(8)20-11(21)5-6-12(22)23/h1-6H,18H2,(H,20,21)(H,22,23). The Morgan fingerprint density at radius 3 is 2.72 bits per heavy atom. The SMILES string of the molecule is N#Cc1c(NC(=O)C=CC(=O)O)sc(-c2nc3ccccc3s2)c1N. The average Bonchev–Trinajstić information content (AvgIpc) is 3.13. The highest BCUT2D eigenvalue weighted by Crippen LogP contribution is 2.44. The number of aromatic nitrogens is 1. The van der Waals surface area contributed by atoms with Gasteiger partial charge in [0.1, 0.15) is 21.6 Å². The van der Waals surface area contributed by atoms with Crippen LogP contribution in [-0.4, -0.2) is 22.0 Å². The Bertz CT molecular complexity index is 1030. The number of nitrogens with zero attached hydrogens (tertiary/aromatic N) is 2. The highest BCUT2D eigenvalue weighted by Gasteiger charge is 2.20. The van der Waals surface area contributed by atoms with Crippen LogP contribution in [0.15, 0.2) is 36.4 Å². The van der Waals surface area contributed by atoms with Gasteiger partial charge in [-0.15, -0.1) is 22.7 Å². The molecular weight excluding hydrogens is 360 g/mol. The predicted molar refractivity (Wildman–Crippen MR) is 97.5 cm³/mol. The number of benzene rings is 1. The van der Waals surface area contributed by atoms with Crippen LogP contribution in [0.25, 0.3) is 20.1 Å². The molecular formula is C16H10N4O3S2. The first-order valence-electron chi connectivity index (χ1n) is 6.90. The van der Waals surface area contributed by atoms with E-state index in [9.17, 15) is 14.9 Å². The van der Waals surface area contributed by atoms with Gasteiger partial charge in [-0.3, -0.25) is 4.79 Å². The Balaban J connectivity index is 1.99. The van der Waals surface area contributed by atoms with Crippen LogP contribution in [0, 0.1) is 11.3 Å². The van der Waals surface area contributed by atoms with Crippen LogP contribution in [-0.2, 0) is 9.59 Å². The van der Waals surface area contributed by atoms with Crippen molar-refractivity contribution in [2.75, 3.05) is 11.1 Å². The molecule has 25 heavy (non-hydrogen) atoms. The van der Waals surface area contributed by atoms with Gasteiger partial charge in [0.25, 0.3) is 0 Å². The number of anilines is 2. The minimum atomic E-state index is -1.24. The monoisotopic (exact) mass is 370 g/mol. The number of carboxylic acids is 1. The maximum Gasteiger partial charge on any atom is 0.328 e. The smallest absolute Gasteiger partial charge is 0.328 e.